The maximum absolute atomic E-state index is 12.3. The Hall–Kier alpha value is -0.930. The summed E-state index contributed by atoms with van der Waals surface area (Å²) in [6.45, 7) is 2.98. The van der Waals surface area contributed by atoms with Gasteiger partial charge in [0.05, 0.1) is 13.1 Å². The maximum Gasteiger partial charge on any atom is 0.282 e. The normalized spacial score (nSPS) is 20.8. The second-order valence-corrected chi connectivity index (χ2v) is 3.65. The second kappa shape index (κ2) is 3.44. The minimum absolute atomic E-state index is 0.269. The molecule has 74 valence electrons. The maximum atomic E-state index is 12.3. The third kappa shape index (κ3) is 2.79. The van der Waals surface area contributed by atoms with Crippen molar-refractivity contribution >= 4 is 5.91 Å². The molecule has 0 saturated carbocycles. The molecule has 1 heterocycles. The van der Waals surface area contributed by atoms with Crippen LogP contribution in [0.25, 0.3) is 0 Å². The van der Waals surface area contributed by atoms with E-state index in [2.05, 4.69) is 0 Å². The van der Waals surface area contributed by atoms with Gasteiger partial charge >= 0.3 is 0 Å². The highest BCUT2D eigenvalue weighted by Gasteiger charge is 2.45. The summed E-state index contributed by atoms with van der Waals surface area (Å²) in [7, 11) is 0. The molecular formula is C9H13F2NO. The number of alkyl halides is 2. The predicted octanol–water partition coefficient (Wildman–Crippen LogP) is 1.68. The van der Waals surface area contributed by atoms with Gasteiger partial charge in [0.15, 0.2) is 0 Å². The molecule has 1 aliphatic heterocycles. The van der Waals surface area contributed by atoms with Crippen LogP contribution in [-0.4, -0.2) is 29.8 Å². The van der Waals surface area contributed by atoms with Crippen molar-refractivity contribution in [1.82, 2.24) is 4.90 Å². The zero-order chi connectivity index (χ0) is 10.1. The number of rotatable bonds is 2. The average molecular weight is 189 g/mol. The van der Waals surface area contributed by atoms with Crippen LogP contribution in [0.1, 0.15) is 13.8 Å². The SMILES string of the molecule is CC(C)/C=C/C(=O)N1CC(F)(F)C1. The molecule has 0 aliphatic carbocycles. The first-order valence-corrected chi connectivity index (χ1v) is 4.26. The first kappa shape index (κ1) is 10.2. The van der Waals surface area contributed by atoms with E-state index in [0.29, 0.717) is 0 Å². The van der Waals surface area contributed by atoms with Gasteiger partial charge in [-0.25, -0.2) is 8.78 Å². The Morgan fingerprint density at radius 2 is 2.00 bits per heavy atom. The number of hydrogen-bond donors (Lipinski definition) is 0. The minimum atomic E-state index is -2.67. The lowest BCUT2D eigenvalue weighted by Crippen LogP contribution is -2.58. The Labute approximate surface area is 76.2 Å². The smallest absolute Gasteiger partial charge is 0.282 e. The number of halogens is 2. The Morgan fingerprint density at radius 1 is 1.46 bits per heavy atom. The van der Waals surface area contributed by atoms with E-state index in [1.807, 2.05) is 13.8 Å². The molecule has 1 fully saturated rings. The zero-order valence-electron chi connectivity index (χ0n) is 7.76. The number of allylic oxidation sites excluding steroid dienone is 1. The van der Waals surface area contributed by atoms with Crippen molar-refractivity contribution in [3.63, 3.8) is 0 Å². The molecule has 1 amide bonds. The quantitative estimate of drug-likeness (QED) is 0.605. The fourth-order valence-corrected chi connectivity index (χ4v) is 1.05. The highest BCUT2D eigenvalue weighted by Crippen LogP contribution is 2.26. The van der Waals surface area contributed by atoms with Crippen LogP contribution in [0.15, 0.2) is 12.2 Å². The molecule has 0 bridgehead atoms. The molecular weight excluding hydrogens is 176 g/mol. The van der Waals surface area contributed by atoms with E-state index in [4.69, 9.17) is 0 Å². The van der Waals surface area contributed by atoms with Crippen molar-refractivity contribution in [3.8, 4) is 0 Å². The summed E-state index contributed by atoms with van der Waals surface area (Å²) in [6, 6.07) is 0. The average Bonchev–Trinajstić information content (AvgIpc) is 1.95. The van der Waals surface area contributed by atoms with Gasteiger partial charge in [-0.3, -0.25) is 4.79 Å². The number of hydrogen-bond acceptors (Lipinski definition) is 1. The van der Waals surface area contributed by atoms with E-state index in [1.54, 1.807) is 6.08 Å². The summed E-state index contributed by atoms with van der Waals surface area (Å²) < 4.78 is 24.7. The summed E-state index contributed by atoms with van der Waals surface area (Å²) in [6.07, 6.45) is 3.07. The standard InChI is InChI=1S/C9H13F2NO/c1-7(2)3-4-8(13)12-5-9(10,11)6-12/h3-4,7H,5-6H2,1-2H3/b4-3+. The molecule has 4 heteroatoms. The van der Waals surface area contributed by atoms with Gasteiger partial charge in [-0.15, -0.1) is 0 Å². The lowest BCUT2D eigenvalue weighted by atomic mass is 10.1. The monoisotopic (exact) mass is 189 g/mol. The van der Waals surface area contributed by atoms with Gasteiger partial charge in [0.2, 0.25) is 5.91 Å². The van der Waals surface area contributed by atoms with Crippen LogP contribution in [0, 0.1) is 5.92 Å². The molecule has 0 atom stereocenters. The molecule has 0 aromatic heterocycles. The molecule has 1 aliphatic rings. The van der Waals surface area contributed by atoms with Crippen LogP contribution in [0.5, 0.6) is 0 Å². The second-order valence-electron chi connectivity index (χ2n) is 3.65. The van der Waals surface area contributed by atoms with E-state index in [1.165, 1.54) is 6.08 Å². The zero-order valence-corrected chi connectivity index (χ0v) is 7.76. The summed E-state index contributed by atoms with van der Waals surface area (Å²) in [5, 5.41) is 0. The first-order valence-electron chi connectivity index (χ1n) is 4.26. The third-order valence-electron chi connectivity index (χ3n) is 1.78. The Balaban J connectivity index is 2.35. The van der Waals surface area contributed by atoms with Gasteiger partial charge in [0.25, 0.3) is 5.92 Å². The lowest BCUT2D eigenvalue weighted by Gasteiger charge is -2.37. The molecule has 0 radical (unpaired) electrons. The minimum Gasteiger partial charge on any atom is -0.327 e. The third-order valence-corrected chi connectivity index (χ3v) is 1.78. The van der Waals surface area contributed by atoms with Gasteiger partial charge in [-0.2, -0.15) is 0 Å². The highest BCUT2D eigenvalue weighted by atomic mass is 19.3. The molecule has 13 heavy (non-hydrogen) atoms. The molecule has 1 saturated heterocycles. The summed E-state index contributed by atoms with van der Waals surface area (Å²) in [5.74, 6) is -2.72. The fourth-order valence-electron chi connectivity index (χ4n) is 1.05. The molecule has 0 aromatic rings. The first-order chi connectivity index (χ1) is 5.91. The molecule has 0 aromatic carbocycles. The van der Waals surface area contributed by atoms with Crippen molar-refractivity contribution in [3.05, 3.63) is 12.2 Å². The molecule has 0 N–H and O–H groups in total. The summed E-state index contributed by atoms with van der Waals surface area (Å²) in [5.41, 5.74) is 0. The van der Waals surface area contributed by atoms with E-state index in [0.717, 1.165) is 4.90 Å². The Kier molecular flexibility index (Phi) is 2.68. The van der Waals surface area contributed by atoms with Crippen LogP contribution >= 0.6 is 0 Å². The molecule has 0 spiro atoms. The van der Waals surface area contributed by atoms with Crippen LogP contribution in [0.3, 0.4) is 0 Å². The van der Waals surface area contributed by atoms with Crippen molar-refractivity contribution in [2.45, 2.75) is 19.8 Å². The highest BCUT2D eigenvalue weighted by molar-refractivity contribution is 5.88. The number of nitrogens with zero attached hydrogens (tertiary/aromatic N) is 1. The number of carbonyl (C=O) groups excluding carboxylic acids is 1. The van der Waals surface area contributed by atoms with Crippen LogP contribution < -0.4 is 0 Å². The van der Waals surface area contributed by atoms with Crippen molar-refractivity contribution in [2.24, 2.45) is 5.92 Å². The predicted molar refractivity (Wildman–Crippen MR) is 45.5 cm³/mol. The lowest BCUT2D eigenvalue weighted by molar-refractivity contribution is -0.160. The number of carbonyl (C=O) groups is 1. The van der Waals surface area contributed by atoms with Crippen LogP contribution in [-0.2, 0) is 4.79 Å². The van der Waals surface area contributed by atoms with Gasteiger partial charge in [0.1, 0.15) is 0 Å². The van der Waals surface area contributed by atoms with Gasteiger partial charge in [0, 0.05) is 0 Å². The largest absolute Gasteiger partial charge is 0.327 e. The molecule has 0 unspecified atom stereocenters. The Morgan fingerprint density at radius 3 is 2.38 bits per heavy atom. The van der Waals surface area contributed by atoms with E-state index in [9.17, 15) is 13.6 Å². The summed E-state index contributed by atoms with van der Waals surface area (Å²) >= 11 is 0. The topological polar surface area (TPSA) is 20.3 Å². The number of likely N-dealkylation sites (tertiary alicyclic amines) is 1. The fraction of sp³-hybridized carbons (Fsp3) is 0.667. The van der Waals surface area contributed by atoms with Crippen molar-refractivity contribution in [2.75, 3.05) is 13.1 Å². The van der Waals surface area contributed by atoms with E-state index in [-0.39, 0.29) is 11.8 Å². The Bertz CT molecular complexity index is 228. The molecule has 1 rings (SSSR count). The van der Waals surface area contributed by atoms with Crippen LogP contribution in [0.2, 0.25) is 0 Å². The van der Waals surface area contributed by atoms with E-state index >= 15 is 0 Å². The van der Waals surface area contributed by atoms with Gasteiger partial charge < -0.3 is 4.90 Å². The van der Waals surface area contributed by atoms with Crippen molar-refractivity contribution < 1.29 is 13.6 Å². The van der Waals surface area contributed by atoms with E-state index < -0.39 is 19.0 Å². The van der Waals surface area contributed by atoms with Crippen molar-refractivity contribution in [1.29, 1.82) is 0 Å². The van der Waals surface area contributed by atoms with Gasteiger partial charge in [-0.05, 0) is 12.0 Å². The molecule has 2 nitrogen and oxygen atoms in total. The number of amides is 1. The summed E-state index contributed by atoms with van der Waals surface area (Å²) in [4.78, 5) is 12.3. The van der Waals surface area contributed by atoms with Crippen LogP contribution in [0.4, 0.5) is 8.78 Å². The van der Waals surface area contributed by atoms with Gasteiger partial charge in [-0.1, -0.05) is 19.9 Å².